The number of amides is 3. The largest absolute Gasteiger partial charge is 0.491 e. The Kier molecular flexibility index (Phi) is 14.4. The van der Waals surface area contributed by atoms with Crippen LogP contribution in [0.3, 0.4) is 0 Å². The van der Waals surface area contributed by atoms with Gasteiger partial charge in [0.25, 0.3) is 0 Å². The molecule has 0 aliphatic heterocycles. The van der Waals surface area contributed by atoms with Gasteiger partial charge in [0, 0.05) is 19.2 Å². The van der Waals surface area contributed by atoms with Crippen molar-refractivity contribution in [1.29, 1.82) is 5.41 Å². The predicted molar refractivity (Wildman–Crippen MR) is 161 cm³/mol. The number of nitrogen functional groups attached to an aromatic ring is 1. The molecule has 10 N–H and O–H groups in total. The van der Waals surface area contributed by atoms with Crippen molar-refractivity contribution >= 4 is 41.5 Å². The highest BCUT2D eigenvalue weighted by Gasteiger charge is 2.44. The van der Waals surface area contributed by atoms with Crippen molar-refractivity contribution in [1.82, 2.24) is 16.0 Å². The van der Waals surface area contributed by atoms with Crippen molar-refractivity contribution in [2.45, 2.75) is 76.0 Å². The Morgan fingerprint density at radius 3 is 2.11 bits per heavy atom. The minimum absolute atomic E-state index is 0.00134. The summed E-state index contributed by atoms with van der Waals surface area (Å²) in [5, 5.41) is 14.9. The van der Waals surface area contributed by atoms with Crippen molar-refractivity contribution in [2.24, 2.45) is 34.0 Å². The number of guanidine groups is 1. The maximum Gasteiger partial charge on any atom is 0.491 e. The van der Waals surface area contributed by atoms with Gasteiger partial charge in [-0.15, -0.1) is 0 Å². The van der Waals surface area contributed by atoms with E-state index in [4.69, 9.17) is 22.6 Å². The van der Waals surface area contributed by atoms with Gasteiger partial charge in [-0.3, -0.25) is 24.8 Å². The molecule has 1 aliphatic rings. The Hall–Kier alpha value is -4.70. The quantitative estimate of drug-likeness (QED) is 0.0457. The molecule has 0 spiro atoms. The standard InChI is InChI=1S/C29H41F3N8O6/c1-37-23(41)19(14-17-9-11-18(12-10-17)22(33)34)24(42)40-21(15-16-6-3-2-4-7-16)25(43)39-20(8-5-13-38-28(35)36)26(44)46-27(45)29(30,31)32/h9-12,16,19-21H,2-8,13-15H2,1H3,(H3,33,34)(H,37,41)(H,39,43)(H,40,42)(H4,35,36,38)/t19?,20-,21-/m0/s1. The van der Waals surface area contributed by atoms with E-state index >= 15 is 0 Å². The molecule has 1 aromatic carbocycles. The third-order valence-electron chi connectivity index (χ3n) is 7.48. The molecule has 1 saturated carbocycles. The molecule has 2 rings (SSSR count). The molecule has 1 fully saturated rings. The van der Waals surface area contributed by atoms with Crippen LogP contribution in [0.25, 0.3) is 0 Å². The van der Waals surface area contributed by atoms with Gasteiger partial charge in [0.15, 0.2) is 5.96 Å². The van der Waals surface area contributed by atoms with Crippen LogP contribution in [0, 0.1) is 17.2 Å². The fourth-order valence-corrected chi connectivity index (χ4v) is 5.04. The predicted octanol–water partition coefficient (Wildman–Crippen LogP) is 0.501. The van der Waals surface area contributed by atoms with Gasteiger partial charge in [-0.2, -0.15) is 13.2 Å². The van der Waals surface area contributed by atoms with Crippen LogP contribution in [-0.4, -0.2) is 73.3 Å². The average molecular weight is 655 g/mol. The summed E-state index contributed by atoms with van der Waals surface area (Å²) >= 11 is 0. The van der Waals surface area contributed by atoms with E-state index in [-0.39, 0.29) is 49.9 Å². The molecule has 17 heteroatoms. The number of ether oxygens (including phenoxy) is 1. The zero-order valence-electron chi connectivity index (χ0n) is 25.5. The zero-order chi connectivity index (χ0) is 34.4. The van der Waals surface area contributed by atoms with Gasteiger partial charge in [0.2, 0.25) is 17.7 Å². The number of esters is 2. The van der Waals surface area contributed by atoms with Crippen molar-refractivity contribution < 1.29 is 41.9 Å². The fourth-order valence-electron chi connectivity index (χ4n) is 5.04. The highest BCUT2D eigenvalue weighted by molar-refractivity contribution is 6.02. The van der Waals surface area contributed by atoms with Crippen LogP contribution in [0.2, 0.25) is 0 Å². The van der Waals surface area contributed by atoms with Crippen molar-refractivity contribution in [2.75, 3.05) is 13.6 Å². The normalized spacial score (nSPS) is 15.4. The highest BCUT2D eigenvalue weighted by atomic mass is 19.4. The van der Waals surface area contributed by atoms with Gasteiger partial charge < -0.3 is 37.9 Å². The van der Waals surface area contributed by atoms with Gasteiger partial charge in [-0.25, -0.2) is 9.59 Å². The van der Waals surface area contributed by atoms with Crippen LogP contribution in [-0.2, 0) is 35.1 Å². The van der Waals surface area contributed by atoms with E-state index < -0.39 is 53.8 Å². The second kappa shape index (κ2) is 17.7. The maximum atomic E-state index is 13.6. The van der Waals surface area contributed by atoms with Gasteiger partial charge in [-0.1, -0.05) is 56.4 Å². The lowest BCUT2D eigenvalue weighted by Gasteiger charge is -2.29. The number of carbonyl (C=O) groups is 5. The number of alkyl halides is 3. The number of nitrogens with one attached hydrogen (secondary N) is 4. The minimum atomic E-state index is -5.46. The number of nitrogens with two attached hydrogens (primary N) is 3. The second-order valence-corrected chi connectivity index (χ2v) is 11.0. The molecule has 254 valence electrons. The molecular weight excluding hydrogens is 613 g/mol. The Labute approximate surface area is 263 Å². The van der Waals surface area contributed by atoms with Crippen LogP contribution in [0.5, 0.6) is 0 Å². The van der Waals surface area contributed by atoms with Gasteiger partial charge >= 0.3 is 18.1 Å². The fraction of sp³-hybridized carbons (Fsp3) is 0.552. The molecule has 0 bridgehead atoms. The zero-order valence-corrected chi connectivity index (χ0v) is 25.5. The Morgan fingerprint density at radius 1 is 0.957 bits per heavy atom. The average Bonchev–Trinajstić information content (AvgIpc) is 3.00. The van der Waals surface area contributed by atoms with E-state index in [0.717, 1.165) is 32.1 Å². The summed E-state index contributed by atoms with van der Waals surface area (Å²) in [6.07, 6.45) is -1.39. The smallest absolute Gasteiger partial charge is 0.385 e. The summed E-state index contributed by atoms with van der Waals surface area (Å²) in [6.45, 7) is -0.0430. The van der Waals surface area contributed by atoms with Crippen molar-refractivity contribution in [3.05, 3.63) is 35.4 Å². The van der Waals surface area contributed by atoms with Gasteiger partial charge in [0.05, 0.1) is 0 Å². The number of rotatable bonds is 15. The van der Waals surface area contributed by atoms with Crippen LogP contribution in [0.1, 0.15) is 62.5 Å². The summed E-state index contributed by atoms with van der Waals surface area (Å²) in [4.78, 5) is 67.6. The topological polar surface area (TPSA) is 245 Å². The summed E-state index contributed by atoms with van der Waals surface area (Å²) in [6, 6.07) is 3.33. The lowest BCUT2D eigenvalue weighted by Crippen LogP contribution is -2.55. The summed E-state index contributed by atoms with van der Waals surface area (Å²) < 4.78 is 42.3. The molecule has 0 saturated heterocycles. The number of hydrogen-bond acceptors (Lipinski definition) is 8. The molecule has 1 aliphatic carbocycles. The SMILES string of the molecule is CNC(=O)C(Cc1ccc(C(=N)N)cc1)C(=O)N[C@@H](CC1CCCCC1)C(=O)N[C@@H](CCCN=C(N)N)C(=O)OC(=O)C(F)(F)F. The van der Waals surface area contributed by atoms with E-state index in [1.54, 1.807) is 24.3 Å². The number of aliphatic imine (C=N–C) groups is 1. The highest BCUT2D eigenvalue weighted by Crippen LogP contribution is 2.28. The Bertz CT molecular complexity index is 1280. The van der Waals surface area contributed by atoms with Gasteiger partial charge in [-0.05, 0) is 37.2 Å². The molecule has 0 heterocycles. The van der Waals surface area contributed by atoms with Crippen LogP contribution >= 0.6 is 0 Å². The van der Waals surface area contributed by atoms with Crippen LogP contribution < -0.4 is 33.2 Å². The third-order valence-corrected chi connectivity index (χ3v) is 7.48. The summed E-state index contributed by atoms with van der Waals surface area (Å²) in [5.74, 6) is -8.49. The third kappa shape index (κ3) is 12.4. The van der Waals surface area contributed by atoms with Gasteiger partial charge in [0.1, 0.15) is 23.8 Å². The van der Waals surface area contributed by atoms with Crippen molar-refractivity contribution in [3.63, 3.8) is 0 Å². The molecule has 1 aromatic rings. The molecule has 1 unspecified atom stereocenters. The summed E-state index contributed by atoms with van der Waals surface area (Å²) in [5.41, 5.74) is 17.1. The Balaban J connectivity index is 2.31. The molecular formula is C29H41F3N8O6. The van der Waals surface area contributed by atoms with E-state index in [0.29, 0.717) is 11.1 Å². The van der Waals surface area contributed by atoms with E-state index in [1.165, 1.54) is 7.05 Å². The molecule has 46 heavy (non-hydrogen) atoms. The first-order chi connectivity index (χ1) is 21.6. The van der Waals surface area contributed by atoms with E-state index in [9.17, 15) is 37.1 Å². The number of halogens is 3. The lowest BCUT2D eigenvalue weighted by molar-refractivity contribution is -0.202. The first kappa shape index (κ1) is 37.5. The number of amidine groups is 1. The lowest BCUT2D eigenvalue weighted by atomic mass is 9.84. The molecule has 14 nitrogen and oxygen atoms in total. The molecule has 3 atom stereocenters. The van der Waals surface area contributed by atoms with Crippen LogP contribution in [0.4, 0.5) is 13.2 Å². The van der Waals surface area contributed by atoms with E-state index in [2.05, 4.69) is 25.7 Å². The molecule has 0 aromatic heterocycles. The summed E-state index contributed by atoms with van der Waals surface area (Å²) in [7, 11) is 1.34. The first-order valence-corrected chi connectivity index (χ1v) is 14.8. The number of nitrogens with zero attached hydrogens (tertiary/aromatic N) is 1. The first-order valence-electron chi connectivity index (χ1n) is 14.8. The molecule has 0 radical (unpaired) electrons. The minimum Gasteiger partial charge on any atom is -0.385 e. The Morgan fingerprint density at radius 2 is 1.57 bits per heavy atom. The number of carbonyl (C=O) groups excluding carboxylic acids is 5. The van der Waals surface area contributed by atoms with E-state index in [1.807, 2.05) is 0 Å². The van der Waals surface area contributed by atoms with Crippen molar-refractivity contribution in [3.8, 4) is 0 Å². The number of benzene rings is 1. The number of hydrogen-bond donors (Lipinski definition) is 7. The van der Waals surface area contributed by atoms with Crippen LogP contribution in [0.15, 0.2) is 29.3 Å². The second-order valence-electron chi connectivity index (χ2n) is 11.0. The monoisotopic (exact) mass is 654 g/mol. The molecule has 3 amide bonds. The maximum absolute atomic E-state index is 13.6.